The van der Waals surface area contributed by atoms with Gasteiger partial charge in [0, 0.05) is 24.4 Å². The van der Waals surface area contributed by atoms with Crippen molar-refractivity contribution in [1.82, 2.24) is 0 Å². The van der Waals surface area contributed by atoms with Gasteiger partial charge < -0.3 is 13.9 Å². The van der Waals surface area contributed by atoms with Gasteiger partial charge in [0.25, 0.3) is 8.32 Å². The summed E-state index contributed by atoms with van der Waals surface area (Å²) in [5.74, 6) is 0.927. The molecule has 1 heterocycles. The number of rotatable bonds is 4. The van der Waals surface area contributed by atoms with Gasteiger partial charge in [-0.25, -0.2) is 0 Å². The van der Waals surface area contributed by atoms with Crippen LogP contribution in [0.1, 0.15) is 60.3 Å². The lowest BCUT2D eigenvalue weighted by Crippen LogP contribution is -2.67. The molecule has 0 amide bonds. The minimum absolute atomic E-state index is 0.0236. The second-order valence-electron chi connectivity index (χ2n) is 12.5. The summed E-state index contributed by atoms with van der Waals surface area (Å²) in [7, 11) is -2.49. The molecular formula is C29H40O3Si. The first-order valence-electron chi connectivity index (χ1n) is 12.7. The maximum Gasteiger partial charge on any atom is 0.261 e. The lowest BCUT2D eigenvalue weighted by atomic mass is 9.94. The Morgan fingerprint density at radius 2 is 1.24 bits per heavy atom. The number of fused-ring (bicyclic) bond motifs is 1. The molecule has 178 valence electrons. The summed E-state index contributed by atoms with van der Waals surface area (Å²) in [5.41, 5.74) is 0.123. The Morgan fingerprint density at radius 1 is 0.788 bits per heavy atom. The zero-order valence-electron chi connectivity index (χ0n) is 21.0. The van der Waals surface area contributed by atoms with E-state index in [0.29, 0.717) is 17.9 Å². The summed E-state index contributed by atoms with van der Waals surface area (Å²) >= 11 is 0. The van der Waals surface area contributed by atoms with Crippen molar-refractivity contribution in [2.45, 2.75) is 77.2 Å². The van der Waals surface area contributed by atoms with Crippen LogP contribution in [0.15, 0.2) is 60.7 Å². The molecule has 0 N–H and O–H groups in total. The molecule has 3 atom stereocenters. The molecular weight excluding hydrogens is 424 g/mol. The van der Waals surface area contributed by atoms with Crippen LogP contribution in [0.5, 0.6) is 0 Å². The molecule has 1 unspecified atom stereocenters. The molecule has 2 aromatic rings. The number of hydrogen-bond donors (Lipinski definition) is 0. The van der Waals surface area contributed by atoms with E-state index in [1.54, 1.807) is 0 Å². The molecule has 1 aliphatic heterocycles. The summed E-state index contributed by atoms with van der Waals surface area (Å²) in [6.07, 6.45) is 4.58. The van der Waals surface area contributed by atoms with Gasteiger partial charge in [-0.15, -0.1) is 0 Å². The molecule has 3 fully saturated rings. The number of hydrogen-bond acceptors (Lipinski definition) is 3. The van der Waals surface area contributed by atoms with E-state index in [4.69, 9.17) is 13.9 Å². The molecule has 1 spiro atoms. The van der Waals surface area contributed by atoms with Gasteiger partial charge in [0.2, 0.25) is 0 Å². The predicted octanol–water partition coefficient (Wildman–Crippen LogP) is 5.52. The molecule has 0 bridgehead atoms. The lowest BCUT2D eigenvalue weighted by molar-refractivity contribution is -0.297. The molecule has 1 saturated heterocycles. The van der Waals surface area contributed by atoms with Crippen molar-refractivity contribution in [3.05, 3.63) is 60.7 Å². The van der Waals surface area contributed by atoms with E-state index in [9.17, 15) is 0 Å². The van der Waals surface area contributed by atoms with Gasteiger partial charge in [0.15, 0.2) is 5.79 Å². The summed E-state index contributed by atoms with van der Waals surface area (Å²) in [6, 6.07) is 22.1. The standard InChI is InChI=1S/C29H40O3Si/c1-27(2,3)33(25-12-8-6-9-13-25,26-14-10-7-11-15-26)32-24-16-22-18-29(19-23(22)17-24)30-20-28(4,5)21-31-29/h6-15,22-24H,16-21H2,1-5H3/t22-,23+,24?. The van der Waals surface area contributed by atoms with Crippen LogP contribution in [-0.2, 0) is 13.9 Å². The normalized spacial score (nSPS) is 28.7. The van der Waals surface area contributed by atoms with Crippen molar-refractivity contribution in [1.29, 1.82) is 0 Å². The molecule has 33 heavy (non-hydrogen) atoms. The van der Waals surface area contributed by atoms with Crippen LogP contribution in [0.2, 0.25) is 5.04 Å². The third-order valence-electron chi connectivity index (χ3n) is 8.16. The smallest absolute Gasteiger partial charge is 0.261 e. The van der Waals surface area contributed by atoms with E-state index >= 15 is 0 Å². The molecule has 3 aliphatic rings. The van der Waals surface area contributed by atoms with Crippen LogP contribution in [0.25, 0.3) is 0 Å². The maximum absolute atomic E-state index is 7.44. The van der Waals surface area contributed by atoms with Crippen molar-refractivity contribution < 1.29 is 13.9 Å². The van der Waals surface area contributed by atoms with Crippen molar-refractivity contribution in [3.8, 4) is 0 Å². The van der Waals surface area contributed by atoms with E-state index in [1.165, 1.54) is 10.4 Å². The monoisotopic (exact) mass is 464 g/mol. The SMILES string of the molecule is CC1(C)COC2(C[C@H]3CC(O[Si](c4ccccc4)(c4ccccc4)C(C)(C)C)C[C@H]3C2)OC1. The van der Waals surface area contributed by atoms with Gasteiger partial charge in [0.1, 0.15) is 0 Å². The summed E-state index contributed by atoms with van der Waals surface area (Å²) in [5, 5.41) is 2.77. The van der Waals surface area contributed by atoms with Gasteiger partial charge in [-0.2, -0.15) is 0 Å². The molecule has 2 aliphatic carbocycles. The maximum atomic E-state index is 7.44. The molecule has 0 aromatic heterocycles. The predicted molar refractivity (Wildman–Crippen MR) is 136 cm³/mol. The van der Waals surface area contributed by atoms with Crippen LogP contribution in [0.4, 0.5) is 0 Å². The largest absolute Gasteiger partial charge is 0.404 e. The average Bonchev–Trinajstić information content (AvgIpc) is 3.30. The highest BCUT2D eigenvalue weighted by Crippen LogP contribution is 2.54. The van der Waals surface area contributed by atoms with E-state index < -0.39 is 8.32 Å². The number of benzene rings is 2. The van der Waals surface area contributed by atoms with Crippen molar-refractivity contribution in [2.24, 2.45) is 17.3 Å². The number of ether oxygens (including phenoxy) is 2. The second kappa shape index (κ2) is 8.33. The average molecular weight is 465 g/mol. The van der Waals surface area contributed by atoms with Crippen LogP contribution < -0.4 is 10.4 Å². The Bertz CT molecular complexity index is 884. The van der Waals surface area contributed by atoms with Gasteiger partial charge in [-0.3, -0.25) is 0 Å². The Labute approximate surface area is 201 Å². The molecule has 4 heteroatoms. The molecule has 0 radical (unpaired) electrons. The van der Waals surface area contributed by atoms with E-state index in [0.717, 1.165) is 38.9 Å². The Morgan fingerprint density at radius 3 is 1.67 bits per heavy atom. The zero-order valence-corrected chi connectivity index (χ0v) is 22.0. The fraction of sp³-hybridized carbons (Fsp3) is 0.586. The van der Waals surface area contributed by atoms with Crippen LogP contribution >= 0.6 is 0 Å². The summed E-state index contributed by atoms with van der Waals surface area (Å²) in [6.45, 7) is 13.2. The third-order valence-corrected chi connectivity index (χ3v) is 13.2. The first kappa shape index (κ1) is 23.3. The molecule has 5 rings (SSSR count). The van der Waals surface area contributed by atoms with Gasteiger partial charge in [0.05, 0.1) is 13.2 Å². The lowest BCUT2D eigenvalue weighted by Gasteiger charge is -2.45. The second-order valence-corrected chi connectivity index (χ2v) is 16.7. The van der Waals surface area contributed by atoms with Gasteiger partial charge in [-0.1, -0.05) is 95.3 Å². The first-order valence-corrected chi connectivity index (χ1v) is 14.6. The van der Waals surface area contributed by atoms with Crippen LogP contribution in [-0.4, -0.2) is 33.4 Å². The first-order chi connectivity index (χ1) is 15.6. The molecule has 2 aromatic carbocycles. The Balaban J connectivity index is 1.40. The van der Waals surface area contributed by atoms with E-state index in [-0.39, 0.29) is 16.2 Å². The van der Waals surface area contributed by atoms with Crippen LogP contribution in [0, 0.1) is 17.3 Å². The highest BCUT2D eigenvalue weighted by Gasteiger charge is 2.57. The van der Waals surface area contributed by atoms with E-state index in [2.05, 4.69) is 95.3 Å². The fourth-order valence-electron chi connectivity index (χ4n) is 6.55. The van der Waals surface area contributed by atoms with Gasteiger partial charge in [-0.05, 0) is 40.1 Å². The highest BCUT2D eigenvalue weighted by molar-refractivity contribution is 6.99. The minimum atomic E-state index is -2.49. The summed E-state index contributed by atoms with van der Waals surface area (Å²) < 4.78 is 20.1. The molecule has 3 nitrogen and oxygen atoms in total. The van der Waals surface area contributed by atoms with Crippen molar-refractivity contribution >= 4 is 18.7 Å². The van der Waals surface area contributed by atoms with Gasteiger partial charge >= 0.3 is 0 Å². The quantitative estimate of drug-likeness (QED) is 0.558. The summed E-state index contributed by atoms with van der Waals surface area (Å²) in [4.78, 5) is 0. The fourth-order valence-corrected chi connectivity index (χ4v) is 11.3. The van der Waals surface area contributed by atoms with Crippen LogP contribution in [0.3, 0.4) is 0 Å². The topological polar surface area (TPSA) is 27.7 Å². The Kier molecular flexibility index (Phi) is 5.88. The molecule has 2 saturated carbocycles. The zero-order chi connectivity index (χ0) is 23.3. The minimum Gasteiger partial charge on any atom is -0.404 e. The Hall–Kier alpha value is -1.46. The van der Waals surface area contributed by atoms with Crippen molar-refractivity contribution in [3.63, 3.8) is 0 Å². The third kappa shape index (κ3) is 4.25. The highest BCUT2D eigenvalue weighted by atomic mass is 28.4. The van der Waals surface area contributed by atoms with E-state index in [1.807, 2.05) is 0 Å². The van der Waals surface area contributed by atoms with Crippen molar-refractivity contribution in [2.75, 3.05) is 13.2 Å².